The fourth-order valence-electron chi connectivity index (χ4n) is 2.02. The fraction of sp³-hybridized carbons (Fsp3) is 0.118. The smallest absolute Gasteiger partial charge is 0.387 e. The lowest BCUT2D eigenvalue weighted by Crippen LogP contribution is -2.01. The molecule has 0 aliphatic heterocycles. The number of alkyl halides is 2. The van der Waals surface area contributed by atoms with Gasteiger partial charge in [-0.3, -0.25) is 0 Å². The van der Waals surface area contributed by atoms with Crippen LogP contribution in [0.2, 0.25) is 5.02 Å². The Bertz CT molecular complexity index is 808. The Hall–Kier alpha value is -2.18. The van der Waals surface area contributed by atoms with Gasteiger partial charge in [-0.2, -0.15) is 8.78 Å². The number of aromatic nitrogens is 1. The number of para-hydroxylation sites is 1. The molecule has 3 aromatic rings. The maximum absolute atomic E-state index is 12.1. The van der Waals surface area contributed by atoms with Gasteiger partial charge >= 0.3 is 6.61 Å². The molecule has 124 valence electrons. The zero-order valence-electron chi connectivity index (χ0n) is 12.3. The van der Waals surface area contributed by atoms with E-state index < -0.39 is 6.61 Å². The van der Waals surface area contributed by atoms with Gasteiger partial charge in [0, 0.05) is 10.9 Å². The highest BCUT2D eigenvalue weighted by Crippen LogP contribution is 2.27. The second-order valence-corrected chi connectivity index (χ2v) is 6.10. The van der Waals surface area contributed by atoms with E-state index in [1.165, 1.54) is 23.5 Å². The van der Waals surface area contributed by atoms with Crippen molar-refractivity contribution < 1.29 is 18.3 Å². The number of rotatable bonds is 6. The van der Waals surface area contributed by atoms with E-state index in [4.69, 9.17) is 16.3 Å². The lowest BCUT2D eigenvalue weighted by molar-refractivity contribution is -0.0498. The molecule has 0 atom stereocenters. The maximum Gasteiger partial charge on any atom is 0.387 e. The van der Waals surface area contributed by atoms with Crippen LogP contribution in [0.15, 0.2) is 53.9 Å². The van der Waals surface area contributed by atoms with Crippen LogP contribution in [0.1, 0.15) is 5.01 Å². The van der Waals surface area contributed by atoms with Crippen molar-refractivity contribution in [2.45, 2.75) is 13.2 Å². The Kier molecular flexibility index (Phi) is 5.27. The van der Waals surface area contributed by atoms with Gasteiger partial charge < -0.3 is 9.47 Å². The molecule has 7 heteroatoms. The molecule has 2 aromatic carbocycles. The number of nitrogens with zero attached hydrogens (tertiary/aromatic N) is 1. The number of ether oxygens (including phenoxy) is 2. The minimum Gasteiger partial charge on any atom is -0.485 e. The van der Waals surface area contributed by atoms with Crippen molar-refractivity contribution in [2.75, 3.05) is 0 Å². The van der Waals surface area contributed by atoms with E-state index in [9.17, 15) is 8.78 Å². The molecule has 24 heavy (non-hydrogen) atoms. The van der Waals surface area contributed by atoms with Gasteiger partial charge in [0.1, 0.15) is 23.1 Å². The molecule has 0 saturated heterocycles. The van der Waals surface area contributed by atoms with Gasteiger partial charge in [-0.15, -0.1) is 11.3 Å². The lowest BCUT2D eigenvalue weighted by atomic mass is 10.2. The van der Waals surface area contributed by atoms with E-state index in [0.29, 0.717) is 17.4 Å². The molecule has 0 amide bonds. The van der Waals surface area contributed by atoms with Gasteiger partial charge in [-0.05, 0) is 36.4 Å². The first kappa shape index (κ1) is 16.7. The van der Waals surface area contributed by atoms with Crippen LogP contribution in [-0.2, 0) is 6.61 Å². The predicted molar refractivity (Wildman–Crippen MR) is 90.0 cm³/mol. The molecule has 0 saturated carbocycles. The van der Waals surface area contributed by atoms with Crippen LogP contribution in [0.5, 0.6) is 11.5 Å². The van der Waals surface area contributed by atoms with E-state index in [-0.39, 0.29) is 5.75 Å². The van der Waals surface area contributed by atoms with Crippen LogP contribution >= 0.6 is 22.9 Å². The fourth-order valence-corrected chi connectivity index (χ4v) is 2.92. The van der Waals surface area contributed by atoms with Crippen molar-refractivity contribution in [2.24, 2.45) is 0 Å². The monoisotopic (exact) mass is 367 g/mol. The maximum atomic E-state index is 12.1. The van der Waals surface area contributed by atoms with Gasteiger partial charge in [0.2, 0.25) is 0 Å². The molecule has 0 spiro atoms. The van der Waals surface area contributed by atoms with Crippen molar-refractivity contribution in [1.82, 2.24) is 4.98 Å². The third-order valence-electron chi connectivity index (χ3n) is 3.11. The Morgan fingerprint density at radius 1 is 1.08 bits per heavy atom. The van der Waals surface area contributed by atoms with E-state index in [2.05, 4.69) is 9.72 Å². The summed E-state index contributed by atoms with van der Waals surface area (Å²) in [5.41, 5.74) is 1.57. The summed E-state index contributed by atoms with van der Waals surface area (Å²) in [6, 6.07) is 13.6. The number of hydrogen-bond acceptors (Lipinski definition) is 4. The van der Waals surface area contributed by atoms with Gasteiger partial charge in [0.25, 0.3) is 0 Å². The largest absolute Gasteiger partial charge is 0.485 e. The highest BCUT2D eigenvalue weighted by Gasteiger charge is 2.08. The molecule has 3 rings (SSSR count). The molecule has 0 radical (unpaired) electrons. The number of benzene rings is 2. The van der Waals surface area contributed by atoms with Crippen LogP contribution in [0, 0.1) is 0 Å². The lowest BCUT2D eigenvalue weighted by Gasteiger charge is -2.05. The molecule has 0 bridgehead atoms. The Balaban J connectivity index is 1.66. The van der Waals surface area contributed by atoms with Crippen LogP contribution < -0.4 is 9.47 Å². The van der Waals surface area contributed by atoms with Gasteiger partial charge in [0.05, 0.1) is 10.7 Å². The number of hydrogen-bond donors (Lipinski definition) is 0. The van der Waals surface area contributed by atoms with E-state index in [1.807, 2.05) is 17.5 Å². The minimum atomic E-state index is -2.83. The van der Waals surface area contributed by atoms with E-state index in [0.717, 1.165) is 16.3 Å². The second kappa shape index (κ2) is 7.59. The minimum absolute atomic E-state index is 0.117. The first-order valence-corrected chi connectivity index (χ1v) is 8.24. The zero-order valence-corrected chi connectivity index (χ0v) is 13.9. The first-order chi connectivity index (χ1) is 11.6. The summed E-state index contributed by atoms with van der Waals surface area (Å²) >= 11 is 7.49. The molecule has 0 fully saturated rings. The normalized spacial score (nSPS) is 10.8. The van der Waals surface area contributed by atoms with Crippen molar-refractivity contribution >= 4 is 22.9 Å². The Labute approximate surface area is 146 Å². The van der Waals surface area contributed by atoms with Gasteiger partial charge in [-0.25, -0.2) is 4.98 Å². The highest BCUT2D eigenvalue weighted by molar-refractivity contribution is 7.09. The summed E-state index contributed by atoms with van der Waals surface area (Å²) in [6.07, 6.45) is 0. The first-order valence-electron chi connectivity index (χ1n) is 6.99. The Morgan fingerprint density at radius 3 is 2.54 bits per heavy atom. The predicted octanol–water partition coefficient (Wildman–Crippen LogP) is 5.64. The third-order valence-corrected chi connectivity index (χ3v) is 4.25. The molecule has 3 nitrogen and oxygen atoms in total. The van der Waals surface area contributed by atoms with Crippen molar-refractivity contribution in [3.8, 4) is 22.8 Å². The van der Waals surface area contributed by atoms with Gasteiger partial charge in [0.15, 0.2) is 0 Å². The number of halogens is 3. The van der Waals surface area contributed by atoms with Crippen LogP contribution in [0.25, 0.3) is 11.3 Å². The SMILES string of the molecule is FC(F)Oc1ccc(-c2csc(COc3ccccc3Cl)n2)cc1. The molecule has 0 N–H and O–H groups in total. The summed E-state index contributed by atoms with van der Waals surface area (Å²) in [7, 11) is 0. The molecule has 0 unspecified atom stereocenters. The van der Waals surface area contributed by atoms with Crippen LogP contribution in [-0.4, -0.2) is 11.6 Å². The van der Waals surface area contributed by atoms with Crippen molar-refractivity contribution in [1.29, 1.82) is 0 Å². The summed E-state index contributed by atoms with van der Waals surface area (Å²) in [5, 5.41) is 3.22. The number of thiazole rings is 1. The third kappa shape index (κ3) is 4.21. The summed E-state index contributed by atoms with van der Waals surface area (Å²) in [5.74, 6) is 0.718. The molecular formula is C17H12ClF2NO2S. The summed E-state index contributed by atoms with van der Waals surface area (Å²) in [4.78, 5) is 4.48. The van der Waals surface area contributed by atoms with Crippen molar-refractivity contribution in [3.05, 3.63) is 63.9 Å². The average Bonchev–Trinajstić information content (AvgIpc) is 3.03. The summed E-state index contributed by atoms with van der Waals surface area (Å²) in [6.45, 7) is -2.52. The summed E-state index contributed by atoms with van der Waals surface area (Å²) < 4.78 is 34.3. The average molecular weight is 368 g/mol. The van der Waals surface area contributed by atoms with E-state index in [1.54, 1.807) is 24.3 Å². The quantitative estimate of drug-likeness (QED) is 0.564. The Morgan fingerprint density at radius 2 is 1.83 bits per heavy atom. The molecule has 1 aromatic heterocycles. The molecule has 1 heterocycles. The zero-order chi connectivity index (χ0) is 16.9. The molecular weight excluding hydrogens is 356 g/mol. The van der Waals surface area contributed by atoms with Crippen LogP contribution in [0.3, 0.4) is 0 Å². The topological polar surface area (TPSA) is 31.4 Å². The molecule has 0 aliphatic carbocycles. The highest BCUT2D eigenvalue weighted by atomic mass is 35.5. The van der Waals surface area contributed by atoms with Crippen molar-refractivity contribution in [3.63, 3.8) is 0 Å². The van der Waals surface area contributed by atoms with E-state index >= 15 is 0 Å². The van der Waals surface area contributed by atoms with Crippen LogP contribution in [0.4, 0.5) is 8.78 Å². The standard InChI is InChI=1S/C17H12ClF2NO2S/c18-13-3-1-2-4-15(13)22-9-16-21-14(10-24-16)11-5-7-12(8-6-11)23-17(19)20/h1-8,10,17H,9H2. The van der Waals surface area contributed by atoms with Gasteiger partial charge in [-0.1, -0.05) is 23.7 Å². The molecule has 0 aliphatic rings. The second-order valence-electron chi connectivity index (χ2n) is 4.75.